The van der Waals surface area contributed by atoms with E-state index < -0.39 is 0 Å². The van der Waals surface area contributed by atoms with Gasteiger partial charge in [0.1, 0.15) is 0 Å². The van der Waals surface area contributed by atoms with E-state index in [2.05, 4.69) is 58.0 Å². The summed E-state index contributed by atoms with van der Waals surface area (Å²) in [5.41, 5.74) is 2.02. The molecule has 19 heavy (non-hydrogen) atoms. The molecule has 1 heteroatoms. The van der Waals surface area contributed by atoms with Crippen molar-refractivity contribution in [1.29, 1.82) is 0 Å². The van der Waals surface area contributed by atoms with E-state index in [0.29, 0.717) is 0 Å². The molecule has 2 heterocycles. The first-order chi connectivity index (χ1) is 9.09. The normalized spacial score (nSPS) is 37.5. The van der Waals surface area contributed by atoms with E-state index in [1.54, 1.807) is 5.30 Å². The van der Waals surface area contributed by atoms with Gasteiger partial charge >= 0.3 is 0 Å². The fraction of sp³-hybridized carbons (Fsp3) is 0.667. The predicted octanol–water partition coefficient (Wildman–Crippen LogP) is 4.88. The molecule has 3 rings (SSSR count). The van der Waals surface area contributed by atoms with E-state index in [1.807, 2.05) is 0 Å². The van der Waals surface area contributed by atoms with Crippen molar-refractivity contribution in [3.8, 4) is 0 Å². The average molecular weight is 274 g/mol. The van der Waals surface area contributed by atoms with Crippen LogP contribution in [0.4, 0.5) is 0 Å². The third-order valence-electron chi connectivity index (χ3n) is 5.50. The van der Waals surface area contributed by atoms with Crippen molar-refractivity contribution in [3.63, 3.8) is 0 Å². The highest BCUT2D eigenvalue weighted by molar-refractivity contribution is 7.67. The average Bonchev–Trinajstić information content (AvgIpc) is 2.94. The standard InChI is InChI=1S/C18H27P/c1-12(2)15-10-18-16(13(3)4)11-17(15)19(18)14-8-6-5-7-9-14/h5-9,12-13,15-18H,10-11H2,1-4H3/t15-,16-,17-,18-/m1/s1. The number of hydrogen-bond donors (Lipinski definition) is 0. The van der Waals surface area contributed by atoms with E-state index in [0.717, 1.165) is 35.0 Å². The first kappa shape index (κ1) is 13.6. The number of hydrogen-bond acceptors (Lipinski definition) is 0. The Kier molecular flexibility index (Phi) is 3.73. The Morgan fingerprint density at radius 1 is 0.842 bits per heavy atom. The molecule has 104 valence electrons. The summed E-state index contributed by atoms with van der Waals surface area (Å²) in [6.45, 7) is 9.75. The van der Waals surface area contributed by atoms with Gasteiger partial charge in [-0.3, -0.25) is 0 Å². The highest BCUT2D eigenvalue weighted by Crippen LogP contribution is 2.69. The molecule has 0 radical (unpaired) electrons. The minimum atomic E-state index is 0.105. The summed E-state index contributed by atoms with van der Waals surface area (Å²) in [6, 6.07) is 11.4. The second kappa shape index (κ2) is 5.21. The van der Waals surface area contributed by atoms with Gasteiger partial charge in [-0.2, -0.15) is 0 Å². The summed E-state index contributed by atoms with van der Waals surface area (Å²) in [5, 5.41) is 1.68. The Labute approximate surface area is 119 Å². The molecule has 2 fully saturated rings. The Balaban J connectivity index is 1.91. The lowest BCUT2D eigenvalue weighted by atomic mass is 9.73. The first-order valence-electron chi connectivity index (χ1n) is 7.93. The van der Waals surface area contributed by atoms with E-state index in [9.17, 15) is 0 Å². The van der Waals surface area contributed by atoms with E-state index >= 15 is 0 Å². The minimum absolute atomic E-state index is 0.105. The molecule has 0 saturated carbocycles. The van der Waals surface area contributed by atoms with Crippen LogP contribution in [0.15, 0.2) is 30.3 Å². The van der Waals surface area contributed by atoms with Crippen LogP contribution >= 0.6 is 7.92 Å². The van der Waals surface area contributed by atoms with Crippen molar-refractivity contribution in [2.75, 3.05) is 0 Å². The molecule has 4 atom stereocenters. The van der Waals surface area contributed by atoms with E-state index in [4.69, 9.17) is 0 Å². The lowest BCUT2D eigenvalue weighted by Gasteiger charge is -2.31. The zero-order chi connectivity index (χ0) is 13.6. The molecular formula is C18H27P. The molecule has 0 amide bonds. The molecule has 0 aliphatic carbocycles. The number of fused-ring (bicyclic) bond motifs is 2. The van der Waals surface area contributed by atoms with Crippen molar-refractivity contribution in [1.82, 2.24) is 0 Å². The third kappa shape index (κ3) is 2.27. The molecule has 2 saturated heterocycles. The van der Waals surface area contributed by atoms with Crippen molar-refractivity contribution in [2.45, 2.75) is 51.9 Å². The summed E-state index contributed by atoms with van der Waals surface area (Å²) >= 11 is 0. The van der Waals surface area contributed by atoms with Gasteiger partial charge in [-0.25, -0.2) is 0 Å². The molecule has 0 aromatic heterocycles. The topological polar surface area (TPSA) is 0 Å². The maximum atomic E-state index is 2.44. The van der Waals surface area contributed by atoms with Crippen LogP contribution in [0.3, 0.4) is 0 Å². The largest absolute Gasteiger partial charge is 0.0684 e. The van der Waals surface area contributed by atoms with Crippen LogP contribution in [0.25, 0.3) is 0 Å². The molecule has 2 bridgehead atoms. The Morgan fingerprint density at radius 3 is 1.74 bits per heavy atom. The number of benzene rings is 1. The molecule has 1 aromatic carbocycles. The molecule has 1 aromatic rings. The van der Waals surface area contributed by atoms with Crippen LogP contribution in [0.1, 0.15) is 40.5 Å². The van der Waals surface area contributed by atoms with Crippen molar-refractivity contribution >= 4 is 13.2 Å². The van der Waals surface area contributed by atoms with Crippen LogP contribution in [0.2, 0.25) is 0 Å². The summed E-state index contributed by atoms with van der Waals surface area (Å²) in [5.74, 6) is 3.73. The maximum Gasteiger partial charge on any atom is -0.0132 e. The number of rotatable bonds is 3. The van der Waals surface area contributed by atoms with Crippen LogP contribution in [0.5, 0.6) is 0 Å². The zero-order valence-electron chi connectivity index (χ0n) is 12.7. The fourth-order valence-electron chi connectivity index (χ4n) is 4.52. The van der Waals surface area contributed by atoms with Gasteiger partial charge in [-0.15, -0.1) is 0 Å². The summed E-state index contributed by atoms with van der Waals surface area (Å²) in [6.07, 6.45) is 3.01. The summed E-state index contributed by atoms with van der Waals surface area (Å²) in [4.78, 5) is 0. The van der Waals surface area contributed by atoms with Crippen LogP contribution in [0, 0.1) is 23.7 Å². The van der Waals surface area contributed by atoms with E-state index in [-0.39, 0.29) is 7.92 Å². The van der Waals surface area contributed by atoms with Gasteiger partial charge in [0, 0.05) is 0 Å². The van der Waals surface area contributed by atoms with Gasteiger partial charge in [0.25, 0.3) is 0 Å². The van der Waals surface area contributed by atoms with Gasteiger partial charge in [0.15, 0.2) is 0 Å². The fourth-order valence-corrected chi connectivity index (χ4v) is 9.00. The molecule has 0 unspecified atom stereocenters. The molecule has 2 aliphatic rings. The van der Waals surface area contributed by atoms with Gasteiger partial charge < -0.3 is 0 Å². The van der Waals surface area contributed by atoms with Crippen LogP contribution in [-0.4, -0.2) is 11.3 Å². The monoisotopic (exact) mass is 274 g/mol. The lowest BCUT2D eigenvalue weighted by molar-refractivity contribution is 0.232. The van der Waals surface area contributed by atoms with Gasteiger partial charge in [-0.1, -0.05) is 65.9 Å². The van der Waals surface area contributed by atoms with Crippen molar-refractivity contribution in [3.05, 3.63) is 30.3 Å². The quantitative estimate of drug-likeness (QED) is 0.689. The Bertz CT molecular complexity index is 401. The highest BCUT2D eigenvalue weighted by Gasteiger charge is 2.54. The van der Waals surface area contributed by atoms with Crippen LogP contribution in [-0.2, 0) is 0 Å². The molecule has 0 spiro atoms. The molecule has 0 nitrogen and oxygen atoms in total. The van der Waals surface area contributed by atoms with Gasteiger partial charge in [0.05, 0.1) is 0 Å². The second-order valence-electron chi connectivity index (χ2n) is 7.16. The molecule has 2 aliphatic heterocycles. The second-order valence-corrected chi connectivity index (χ2v) is 9.82. The van der Waals surface area contributed by atoms with Crippen molar-refractivity contribution < 1.29 is 0 Å². The minimum Gasteiger partial charge on any atom is -0.0684 e. The smallest absolute Gasteiger partial charge is 0.0132 e. The summed E-state index contributed by atoms with van der Waals surface area (Å²) < 4.78 is 0. The van der Waals surface area contributed by atoms with Crippen LogP contribution < -0.4 is 5.30 Å². The molecule has 0 N–H and O–H groups in total. The predicted molar refractivity (Wildman–Crippen MR) is 86.5 cm³/mol. The van der Waals surface area contributed by atoms with Crippen molar-refractivity contribution in [2.24, 2.45) is 23.7 Å². The first-order valence-corrected chi connectivity index (χ1v) is 9.41. The van der Waals surface area contributed by atoms with E-state index in [1.165, 1.54) is 12.8 Å². The highest BCUT2D eigenvalue weighted by atomic mass is 31.1. The van der Waals surface area contributed by atoms with Gasteiger partial charge in [-0.05, 0) is 53.1 Å². The Hall–Kier alpha value is -0.350. The summed E-state index contributed by atoms with van der Waals surface area (Å²) in [7, 11) is 0.105. The lowest BCUT2D eigenvalue weighted by Crippen LogP contribution is -2.29. The Morgan fingerprint density at radius 2 is 1.32 bits per heavy atom. The van der Waals surface area contributed by atoms with Gasteiger partial charge in [0.2, 0.25) is 0 Å². The molecular weight excluding hydrogens is 247 g/mol. The zero-order valence-corrected chi connectivity index (χ0v) is 13.6. The SMILES string of the molecule is CC(C)[C@H]1C[C@@H]2[C@@H](C(C)C)C[C@H]1P2c1ccccc1. The maximum absolute atomic E-state index is 2.44. The third-order valence-corrected chi connectivity index (χ3v) is 9.01.